The zero-order chi connectivity index (χ0) is 13.8. The lowest BCUT2D eigenvalue weighted by molar-refractivity contribution is -0.384. The SMILES string of the molecule is Cc1nn(C)c(N/N=C/c2ccccc2)c1[N+](=O)[O-]. The third kappa shape index (κ3) is 2.76. The van der Waals surface area contributed by atoms with Gasteiger partial charge in [0, 0.05) is 7.05 Å². The van der Waals surface area contributed by atoms with Gasteiger partial charge in [0.15, 0.2) is 0 Å². The molecule has 2 rings (SSSR count). The molecule has 0 saturated carbocycles. The molecule has 0 aliphatic carbocycles. The highest BCUT2D eigenvalue weighted by Crippen LogP contribution is 2.26. The number of nitrogens with zero attached hydrogens (tertiary/aromatic N) is 4. The van der Waals surface area contributed by atoms with Gasteiger partial charge in [-0.2, -0.15) is 10.2 Å². The Bertz CT molecular complexity index is 619. The smallest absolute Gasteiger partial charge is 0.258 e. The van der Waals surface area contributed by atoms with Crippen LogP contribution in [-0.4, -0.2) is 20.9 Å². The van der Waals surface area contributed by atoms with Crippen LogP contribution in [0.1, 0.15) is 11.3 Å². The summed E-state index contributed by atoms with van der Waals surface area (Å²) in [7, 11) is 1.63. The number of nitrogens with one attached hydrogen (secondary N) is 1. The minimum Gasteiger partial charge on any atom is -0.258 e. The van der Waals surface area contributed by atoms with Crippen molar-refractivity contribution in [3.63, 3.8) is 0 Å². The molecule has 0 fully saturated rings. The number of nitro groups is 1. The summed E-state index contributed by atoms with van der Waals surface area (Å²) in [5, 5.41) is 18.9. The number of aryl methyl sites for hydroxylation is 2. The van der Waals surface area contributed by atoms with Gasteiger partial charge >= 0.3 is 5.69 Å². The van der Waals surface area contributed by atoms with Crippen LogP contribution in [0.25, 0.3) is 0 Å². The molecule has 0 atom stereocenters. The fourth-order valence-electron chi connectivity index (χ4n) is 1.70. The van der Waals surface area contributed by atoms with Crippen molar-refractivity contribution in [2.45, 2.75) is 6.92 Å². The average Bonchev–Trinajstić information content (AvgIpc) is 2.65. The van der Waals surface area contributed by atoms with Crippen molar-refractivity contribution in [3.8, 4) is 0 Å². The molecule has 98 valence electrons. The van der Waals surface area contributed by atoms with Crippen LogP contribution in [-0.2, 0) is 7.05 Å². The molecule has 0 spiro atoms. The fourth-order valence-corrected chi connectivity index (χ4v) is 1.70. The number of hydrogen-bond acceptors (Lipinski definition) is 5. The Morgan fingerprint density at radius 2 is 2.11 bits per heavy atom. The highest BCUT2D eigenvalue weighted by atomic mass is 16.6. The van der Waals surface area contributed by atoms with Gasteiger partial charge in [-0.15, -0.1) is 0 Å². The normalized spacial score (nSPS) is 10.8. The van der Waals surface area contributed by atoms with E-state index in [2.05, 4.69) is 15.6 Å². The van der Waals surface area contributed by atoms with Gasteiger partial charge in [-0.1, -0.05) is 30.3 Å². The van der Waals surface area contributed by atoms with Crippen molar-refractivity contribution in [2.24, 2.45) is 12.1 Å². The van der Waals surface area contributed by atoms with E-state index in [0.29, 0.717) is 5.69 Å². The molecule has 0 amide bonds. The summed E-state index contributed by atoms with van der Waals surface area (Å²) in [5.74, 6) is 0.259. The Kier molecular flexibility index (Phi) is 3.56. The lowest BCUT2D eigenvalue weighted by Gasteiger charge is -1.99. The van der Waals surface area contributed by atoms with Gasteiger partial charge in [0.2, 0.25) is 5.82 Å². The molecule has 0 bridgehead atoms. The molecule has 7 heteroatoms. The number of rotatable bonds is 4. The van der Waals surface area contributed by atoms with Crippen molar-refractivity contribution in [3.05, 3.63) is 51.7 Å². The molecule has 0 radical (unpaired) electrons. The van der Waals surface area contributed by atoms with Crippen LogP contribution < -0.4 is 5.43 Å². The number of benzene rings is 1. The van der Waals surface area contributed by atoms with Crippen LogP contribution in [0.15, 0.2) is 35.4 Å². The maximum absolute atomic E-state index is 10.9. The van der Waals surface area contributed by atoms with Crippen molar-refractivity contribution >= 4 is 17.7 Å². The van der Waals surface area contributed by atoms with E-state index in [1.165, 1.54) is 4.68 Å². The van der Waals surface area contributed by atoms with E-state index >= 15 is 0 Å². The Hall–Kier alpha value is -2.70. The van der Waals surface area contributed by atoms with Crippen LogP contribution in [0.2, 0.25) is 0 Å². The highest BCUT2D eigenvalue weighted by molar-refractivity contribution is 5.80. The first kappa shape index (κ1) is 12.7. The van der Waals surface area contributed by atoms with E-state index in [-0.39, 0.29) is 11.5 Å². The maximum atomic E-state index is 10.9. The van der Waals surface area contributed by atoms with Crippen molar-refractivity contribution in [2.75, 3.05) is 5.43 Å². The Balaban J connectivity index is 2.20. The van der Waals surface area contributed by atoms with E-state index in [1.807, 2.05) is 30.3 Å². The zero-order valence-electron chi connectivity index (χ0n) is 10.6. The minimum absolute atomic E-state index is 0.0623. The lowest BCUT2D eigenvalue weighted by Crippen LogP contribution is -2.01. The van der Waals surface area contributed by atoms with Crippen LogP contribution in [0.3, 0.4) is 0 Å². The predicted octanol–water partition coefficient (Wildman–Crippen LogP) is 2.08. The molecule has 0 saturated heterocycles. The summed E-state index contributed by atoms with van der Waals surface area (Å²) in [4.78, 5) is 10.5. The van der Waals surface area contributed by atoms with E-state index in [0.717, 1.165) is 5.56 Å². The summed E-state index contributed by atoms with van der Waals surface area (Å²) in [6, 6.07) is 9.44. The first-order chi connectivity index (χ1) is 9.09. The number of aromatic nitrogens is 2. The zero-order valence-corrected chi connectivity index (χ0v) is 10.6. The molecule has 0 aliphatic heterocycles. The number of hydrogen-bond donors (Lipinski definition) is 1. The summed E-state index contributed by atoms with van der Waals surface area (Å²) in [6.45, 7) is 1.59. The molecule has 19 heavy (non-hydrogen) atoms. The van der Waals surface area contributed by atoms with Crippen LogP contribution in [0.4, 0.5) is 11.5 Å². The second-order valence-corrected chi connectivity index (χ2v) is 3.94. The number of hydrazone groups is 1. The maximum Gasteiger partial charge on any atom is 0.335 e. The predicted molar refractivity (Wildman–Crippen MR) is 72.3 cm³/mol. The van der Waals surface area contributed by atoms with Crippen molar-refractivity contribution in [1.82, 2.24) is 9.78 Å². The third-order valence-electron chi connectivity index (χ3n) is 2.56. The van der Waals surface area contributed by atoms with E-state index in [9.17, 15) is 10.1 Å². The summed E-state index contributed by atoms with van der Waals surface area (Å²) in [5.41, 5.74) is 3.85. The summed E-state index contributed by atoms with van der Waals surface area (Å²) >= 11 is 0. The van der Waals surface area contributed by atoms with Crippen LogP contribution >= 0.6 is 0 Å². The topological polar surface area (TPSA) is 85.3 Å². The fraction of sp³-hybridized carbons (Fsp3) is 0.167. The van der Waals surface area contributed by atoms with Crippen molar-refractivity contribution in [1.29, 1.82) is 0 Å². The molecule has 1 aromatic heterocycles. The van der Waals surface area contributed by atoms with Gasteiger partial charge in [0.1, 0.15) is 5.69 Å². The van der Waals surface area contributed by atoms with E-state index in [1.54, 1.807) is 20.2 Å². The third-order valence-corrected chi connectivity index (χ3v) is 2.56. The molecule has 1 aromatic carbocycles. The molecule has 7 nitrogen and oxygen atoms in total. The molecular formula is C12H13N5O2. The Labute approximate surface area is 109 Å². The van der Waals surface area contributed by atoms with Crippen LogP contribution in [0, 0.1) is 17.0 Å². The van der Waals surface area contributed by atoms with Gasteiger partial charge in [-0.05, 0) is 12.5 Å². The minimum atomic E-state index is -0.470. The molecule has 1 heterocycles. The first-order valence-corrected chi connectivity index (χ1v) is 5.61. The van der Waals surface area contributed by atoms with Gasteiger partial charge in [0.05, 0.1) is 11.1 Å². The van der Waals surface area contributed by atoms with Gasteiger partial charge in [-0.25, -0.2) is 4.68 Å². The number of anilines is 1. The van der Waals surface area contributed by atoms with E-state index < -0.39 is 4.92 Å². The van der Waals surface area contributed by atoms with Crippen molar-refractivity contribution < 1.29 is 4.92 Å². The molecule has 0 unspecified atom stereocenters. The Morgan fingerprint density at radius 3 is 2.74 bits per heavy atom. The average molecular weight is 259 g/mol. The van der Waals surface area contributed by atoms with Gasteiger partial charge in [-0.3, -0.25) is 15.5 Å². The van der Waals surface area contributed by atoms with E-state index in [4.69, 9.17) is 0 Å². The second-order valence-electron chi connectivity index (χ2n) is 3.94. The lowest BCUT2D eigenvalue weighted by atomic mass is 10.2. The molecule has 2 aromatic rings. The molecule has 1 N–H and O–H groups in total. The highest BCUT2D eigenvalue weighted by Gasteiger charge is 2.23. The largest absolute Gasteiger partial charge is 0.335 e. The first-order valence-electron chi connectivity index (χ1n) is 5.61. The monoisotopic (exact) mass is 259 g/mol. The summed E-state index contributed by atoms with van der Waals surface area (Å²) < 4.78 is 1.40. The summed E-state index contributed by atoms with van der Waals surface area (Å²) in [6.07, 6.45) is 1.59. The van der Waals surface area contributed by atoms with Gasteiger partial charge < -0.3 is 0 Å². The van der Waals surface area contributed by atoms with Crippen LogP contribution in [0.5, 0.6) is 0 Å². The quantitative estimate of drug-likeness (QED) is 0.517. The van der Waals surface area contributed by atoms with Gasteiger partial charge in [0.25, 0.3) is 0 Å². The Morgan fingerprint density at radius 1 is 1.42 bits per heavy atom. The molecule has 0 aliphatic rings. The standard InChI is InChI=1S/C12H13N5O2/c1-9-11(17(18)19)12(16(2)15-9)14-13-8-10-6-4-3-5-7-10/h3-8,14H,1-2H3/b13-8+. The second kappa shape index (κ2) is 5.30. The molecular weight excluding hydrogens is 246 g/mol.